The molecule has 0 unspecified atom stereocenters. The highest BCUT2D eigenvalue weighted by atomic mass is 19.4. The van der Waals surface area contributed by atoms with E-state index in [1.165, 1.54) is 24.1 Å². The van der Waals surface area contributed by atoms with Crippen LogP contribution in [-0.4, -0.2) is 24.7 Å². The Hall–Kier alpha value is -1.72. The molecule has 0 bridgehead atoms. The molecular weight excluding hydrogens is 223 g/mol. The Morgan fingerprint density at radius 1 is 1.31 bits per heavy atom. The molecule has 88 valence electrons. The predicted molar refractivity (Wildman–Crippen MR) is 52.3 cm³/mol. The first-order valence-electron chi connectivity index (χ1n) is 4.41. The van der Waals surface area contributed by atoms with Crippen LogP contribution in [0, 0.1) is 0 Å². The molecule has 6 heteroatoms. The van der Waals surface area contributed by atoms with E-state index in [2.05, 4.69) is 0 Å². The number of rotatable bonds is 3. The number of halogens is 3. The number of aliphatic carboxylic acids is 1. The smallest absolute Gasteiger partial charge is 0.416 e. The van der Waals surface area contributed by atoms with E-state index >= 15 is 0 Å². The van der Waals surface area contributed by atoms with Gasteiger partial charge in [-0.15, -0.1) is 0 Å². The topological polar surface area (TPSA) is 40.5 Å². The van der Waals surface area contributed by atoms with E-state index in [0.717, 1.165) is 12.1 Å². The minimum absolute atomic E-state index is 0.259. The number of alkyl halides is 3. The zero-order valence-corrected chi connectivity index (χ0v) is 8.45. The number of hydrogen-bond acceptors (Lipinski definition) is 2. The molecule has 0 aromatic heterocycles. The standard InChI is InChI=1S/C10H10F3NO2/c1-14(6-9(15)16)8-4-2-7(3-5-8)10(11,12)13/h2-5H,6H2,1H3,(H,15,16). The monoisotopic (exact) mass is 233 g/mol. The Bertz CT molecular complexity index is 373. The lowest BCUT2D eigenvalue weighted by molar-refractivity contribution is -0.138. The maximum atomic E-state index is 12.2. The molecule has 1 rings (SSSR count). The normalized spacial score (nSPS) is 11.2. The van der Waals surface area contributed by atoms with Crippen LogP contribution in [0.2, 0.25) is 0 Å². The third-order valence-corrected chi connectivity index (χ3v) is 2.01. The van der Waals surface area contributed by atoms with Gasteiger partial charge in [0.05, 0.1) is 5.56 Å². The van der Waals surface area contributed by atoms with Gasteiger partial charge in [0.25, 0.3) is 0 Å². The zero-order chi connectivity index (χ0) is 12.3. The van der Waals surface area contributed by atoms with Crippen LogP contribution in [0.1, 0.15) is 5.56 Å². The Morgan fingerprint density at radius 2 is 1.81 bits per heavy atom. The van der Waals surface area contributed by atoms with Crippen LogP contribution in [0.3, 0.4) is 0 Å². The SMILES string of the molecule is CN(CC(=O)O)c1ccc(C(F)(F)F)cc1. The average Bonchev–Trinajstić information content (AvgIpc) is 2.15. The summed E-state index contributed by atoms with van der Waals surface area (Å²) in [4.78, 5) is 11.7. The molecule has 0 fully saturated rings. The minimum atomic E-state index is -4.37. The number of nitrogens with zero attached hydrogens (tertiary/aromatic N) is 1. The second-order valence-electron chi connectivity index (χ2n) is 3.29. The van der Waals surface area contributed by atoms with E-state index in [1.54, 1.807) is 0 Å². The molecule has 3 nitrogen and oxygen atoms in total. The Balaban J connectivity index is 2.83. The second kappa shape index (κ2) is 4.42. The van der Waals surface area contributed by atoms with Crippen molar-refractivity contribution >= 4 is 11.7 Å². The number of carboxylic acids is 1. The molecule has 1 aromatic rings. The maximum Gasteiger partial charge on any atom is 0.416 e. The van der Waals surface area contributed by atoms with Crippen LogP contribution in [0.15, 0.2) is 24.3 Å². The van der Waals surface area contributed by atoms with Crippen molar-refractivity contribution < 1.29 is 23.1 Å². The molecular formula is C10H10F3NO2. The molecule has 0 amide bonds. The summed E-state index contributed by atoms with van der Waals surface area (Å²) < 4.78 is 36.7. The van der Waals surface area contributed by atoms with E-state index in [9.17, 15) is 18.0 Å². The summed E-state index contributed by atoms with van der Waals surface area (Å²) in [5.41, 5.74) is -0.324. The summed E-state index contributed by atoms with van der Waals surface area (Å²) >= 11 is 0. The summed E-state index contributed by atoms with van der Waals surface area (Å²) in [6.07, 6.45) is -4.37. The number of benzene rings is 1. The molecule has 16 heavy (non-hydrogen) atoms. The van der Waals surface area contributed by atoms with Crippen molar-refractivity contribution in [2.45, 2.75) is 6.18 Å². The zero-order valence-electron chi connectivity index (χ0n) is 8.45. The van der Waals surface area contributed by atoms with Gasteiger partial charge < -0.3 is 10.0 Å². The Labute approximate surface area is 90.1 Å². The molecule has 1 N–H and O–H groups in total. The third kappa shape index (κ3) is 3.15. The molecule has 0 aliphatic heterocycles. The van der Waals surface area contributed by atoms with Gasteiger partial charge in [0.15, 0.2) is 0 Å². The fraction of sp³-hybridized carbons (Fsp3) is 0.300. The maximum absolute atomic E-state index is 12.2. The van der Waals surface area contributed by atoms with Gasteiger partial charge >= 0.3 is 12.1 Å². The van der Waals surface area contributed by atoms with E-state index in [1.807, 2.05) is 0 Å². The van der Waals surface area contributed by atoms with Gasteiger partial charge in [0.2, 0.25) is 0 Å². The van der Waals surface area contributed by atoms with Crippen molar-refractivity contribution in [3.8, 4) is 0 Å². The lowest BCUT2D eigenvalue weighted by Gasteiger charge is -2.17. The number of likely N-dealkylation sites (N-methyl/N-ethyl adjacent to an activating group) is 1. The van der Waals surface area contributed by atoms with Crippen molar-refractivity contribution in [1.82, 2.24) is 0 Å². The highest BCUT2D eigenvalue weighted by Crippen LogP contribution is 2.30. The number of carbonyl (C=O) groups is 1. The van der Waals surface area contributed by atoms with Crippen molar-refractivity contribution in [2.24, 2.45) is 0 Å². The molecule has 0 saturated heterocycles. The lowest BCUT2D eigenvalue weighted by atomic mass is 10.2. The minimum Gasteiger partial charge on any atom is -0.480 e. The molecule has 0 atom stereocenters. The summed E-state index contributed by atoms with van der Waals surface area (Å²) in [5, 5.41) is 8.51. The fourth-order valence-electron chi connectivity index (χ4n) is 1.20. The lowest BCUT2D eigenvalue weighted by Crippen LogP contribution is -2.25. The first-order chi connectivity index (χ1) is 7.30. The fourth-order valence-corrected chi connectivity index (χ4v) is 1.20. The van der Waals surface area contributed by atoms with Gasteiger partial charge in [0.1, 0.15) is 6.54 Å². The van der Waals surface area contributed by atoms with Crippen LogP contribution in [0.4, 0.5) is 18.9 Å². The van der Waals surface area contributed by atoms with E-state index in [0.29, 0.717) is 5.69 Å². The first kappa shape index (κ1) is 12.4. The van der Waals surface area contributed by atoms with Gasteiger partial charge in [-0.25, -0.2) is 0 Å². The predicted octanol–water partition coefficient (Wildman–Crippen LogP) is 2.23. The molecule has 0 spiro atoms. The van der Waals surface area contributed by atoms with E-state index in [-0.39, 0.29) is 6.54 Å². The molecule has 0 aliphatic carbocycles. The van der Waals surface area contributed by atoms with Gasteiger partial charge in [0, 0.05) is 12.7 Å². The first-order valence-corrected chi connectivity index (χ1v) is 4.41. The molecule has 1 aromatic carbocycles. The van der Waals surface area contributed by atoms with Gasteiger partial charge in [-0.1, -0.05) is 0 Å². The van der Waals surface area contributed by atoms with E-state index < -0.39 is 17.7 Å². The number of hydrogen-bond donors (Lipinski definition) is 1. The number of carboxylic acid groups (broad SMARTS) is 1. The van der Waals surface area contributed by atoms with Crippen LogP contribution in [0.5, 0.6) is 0 Å². The van der Waals surface area contributed by atoms with Gasteiger partial charge in [-0.3, -0.25) is 4.79 Å². The van der Waals surface area contributed by atoms with E-state index in [4.69, 9.17) is 5.11 Å². The summed E-state index contributed by atoms with van der Waals surface area (Å²) in [6, 6.07) is 4.33. The molecule has 0 radical (unpaired) electrons. The second-order valence-corrected chi connectivity index (χ2v) is 3.29. The Morgan fingerprint density at radius 3 is 2.19 bits per heavy atom. The summed E-state index contributed by atoms with van der Waals surface area (Å²) in [5.74, 6) is -1.04. The van der Waals surface area contributed by atoms with Crippen molar-refractivity contribution in [1.29, 1.82) is 0 Å². The van der Waals surface area contributed by atoms with Crippen molar-refractivity contribution in [3.63, 3.8) is 0 Å². The molecule has 0 heterocycles. The highest BCUT2D eigenvalue weighted by molar-refractivity contribution is 5.73. The average molecular weight is 233 g/mol. The van der Waals surface area contributed by atoms with Gasteiger partial charge in [-0.2, -0.15) is 13.2 Å². The van der Waals surface area contributed by atoms with Crippen LogP contribution in [0.25, 0.3) is 0 Å². The van der Waals surface area contributed by atoms with Crippen LogP contribution in [-0.2, 0) is 11.0 Å². The van der Waals surface area contributed by atoms with Crippen LogP contribution < -0.4 is 4.90 Å². The quantitative estimate of drug-likeness (QED) is 0.870. The summed E-state index contributed by atoms with van der Waals surface area (Å²) in [6.45, 7) is -0.259. The molecule has 0 aliphatic rings. The van der Waals surface area contributed by atoms with Crippen LogP contribution >= 0.6 is 0 Å². The van der Waals surface area contributed by atoms with Crippen molar-refractivity contribution in [3.05, 3.63) is 29.8 Å². The third-order valence-electron chi connectivity index (χ3n) is 2.01. The highest BCUT2D eigenvalue weighted by Gasteiger charge is 2.30. The number of anilines is 1. The molecule has 0 saturated carbocycles. The Kier molecular flexibility index (Phi) is 3.41. The van der Waals surface area contributed by atoms with Crippen molar-refractivity contribution in [2.75, 3.05) is 18.5 Å². The summed E-state index contributed by atoms with van der Waals surface area (Å²) in [7, 11) is 1.50. The van der Waals surface area contributed by atoms with Gasteiger partial charge in [-0.05, 0) is 24.3 Å². The largest absolute Gasteiger partial charge is 0.480 e.